The van der Waals surface area contributed by atoms with Gasteiger partial charge in [-0.15, -0.1) is 0 Å². The lowest BCUT2D eigenvalue weighted by Gasteiger charge is -2.09. The molecule has 4 rings (SSSR count). The lowest BCUT2D eigenvalue weighted by molar-refractivity contribution is 0.581. The van der Waals surface area contributed by atoms with E-state index in [1.54, 1.807) is 47.3 Å². The Kier molecular flexibility index (Phi) is 5.81. The maximum Gasteiger partial charge on any atom is 0.330 e. The largest absolute Gasteiger partial charge is 0.330 e. The predicted molar refractivity (Wildman–Crippen MR) is 121 cm³/mol. The van der Waals surface area contributed by atoms with Crippen molar-refractivity contribution in [2.75, 3.05) is 0 Å². The van der Waals surface area contributed by atoms with Gasteiger partial charge in [-0.25, -0.2) is 22.9 Å². The standard InChI is InChI=1S/C22H23N5O4S/c1-3-26-14-23-20-19(26)21(28)25-22(29)27(20)13-17-8-6-16(7-9-17)12-24-32(30,31)18-10-4-15(2)5-11-18/h4-11,14,24H,3,12-13H2,1-2H3,(H,25,28,29). The molecule has 2 aromatic heterocycles. The Morgan fingerprint density at radius 3 is 2.31 bits per heavy atom. The summed E-state index contributed by atoms with van der Waals surface area (Å²) in [6.07, 6.45) is 1.54. The number of sulfonamides is 1. The summed E-state index contributed by atoms with van der Waals surface area (Å²) in [6.45, 7) is 4.71. The van der Waals surface area contributed by atoms with Crippen molar-refractivity contribution in [3.05, 3.63) is 92.4 Å². The summed E-state index contributed by atoms with van der Waals surface area (Å²) in [4.78, 5) is 31.4. The van der Waals surface area contributed by atoms with E-state index in [2.05, 4.69) is 14.7 Å². The predicted octanol–water partition coefficient (Wildman–Crippen LogP) is 1.74. The summed E-state index contributed by atoms with van der Waals surface area (Å²) in [5, 5.41) is 0. The Balaban J connectivity index is 1.51. The number of rotatable bonds is 7. The van der Waals surface area contributed by atoms with E-state index in [0.717, 1.165) is 16.7 Å². The number of imidazole rings is 1. The first-order valence-corrected chi connectivity index (χ1v) is 11.6. The average Bonchev–Trinajstić information content (AvgIpc) is 3.21. The van der Waals surface area contributed by atoms with Crippen molar-refractivity contribution >= 4 is 21.2 Å². The van der Waals surface area contributed by atoms with Gasteiger partial charge in [-0.3, -0.25) is 14.3 Å². The molecule has 2 aromatic carbocycles. The van der Waals surface area contributed by atoms with Crippen LogP contribution in [0.4, 0.5) is 0 Å². The third-order valence-electron chi connectivity index (χ3n) is 5.26. The van der Waals surface area contributed by atoms with Crippen LogP contribution >= 0.6 is 0 Å². The minimum Gasteiger partial charge on any atom is -0.325 e. The van der Waals surface area contributed by atoms with Gasteiger partial charge in [0.25, 0.3) is 5.56 Å². The molecule has 0 spiro atoms. The highest BCUT2D eigenvalue weighted by Gasteiger charge is 2.15. The minimum absolute atomic E-state index is 0.139. The van der Waals surface area contributed by atoms with Crippen molar-refractivity contribution in [1.82, 2.24) is 23.8 Å². The zero-order chi connectivity index (χ0) is 22.9. The molecule has 0 amide bonds. The molecule has 2 heterocycles. The van der Waals surface area contributed by atoms with E-state index >= 15 is 0 Å². The van der Waals surface area contributed by atoms with Gasteiger partial charge in [0.2, 0.25) is 10.0 Å². The first kappa shape index (κ1) is 21.7. The molecule has 0 saturated heterocycles. The third-order valence-corrected chi connectivity index (χ3v) is 6.67. The molecular weight excluding hydrogens is 430 g/mol. The second-order valence-corrected chi connectivity index (χ2v) is 9.27. The maximum absolute atomic E-state index is 12.5. The third kappa shape index (κ3) is 4.27. The second-order valence-electron chi connectivity index (χ2n) is 7.50. The van der Waals surface area contributed by atoms with E-state index < -0.39 is 21.3 Å². The van der Waals surface area contributed by atoms with Gasteiger partial charge < -0.3 is 4.57 Å². The summed E-state index contributed by atoms with van der Waals surface area (Å²) < 4.78 is 30.6. The van der Waals surface area contributed by atoms with E-state index in [-0.39, 0.29) is 18.0 Å². The topological polar surface area (TPSA) is 119 Å². The first-order chi connectivity index (χ1) is 15.3. The van der Waals surface area contributed by atoms with Crippen molar-refractivity contribution in [3.63, 3.8) is 0 Å². The molecule has 0 saturated carbocycles. The van der Waals surface area contributed by atoms with E-state index in [4.69, 9.17) is 0 Å². The van der Waals surface area contributed by atoms with Crippen molar-refractivity contribution in [2.24, 2.45) is 0 Å². The molecule has 0 atom stereocenters. The summed E-state index contributed by atoms with van der Waals surface area (Å²) in [7, 11) is -3.61. The normalized spacial score (nSPS) is 11.8. The Labute approximate surface area is 184 Å². The molecule has 0 aliphatic carbocycles. The summed E-state index contributed by atoms with van der Waals surface area (Å²) >= 11 is 0. The SMILES string of the molecule is CCn1cnc2c1c(=O)[nH]c(=O)n2Cc1ccc(CNS(=O)(=O)c2ccc(C)cc2)cc1. The highest BCUT2D eigenvalue weighted by molar-refractivity contribution is 7.89. The molecule has 0 fully saturated rings. The fourth-order valence-corrected chi connectivity index (χ4v) is 4.45. The number of nitrogens with zero attached hydrogens (tertiary/aromatic N) is 3. The fourth-order valence-electron chi connectivity index (χ4n) is 3.43. The summed E-state index contributed by atoms with van der Waals surface area (Å²) in [6, 6.07) is 13.9. The van der Waals surface area contributed by atoms with Gasteiger partial charge in [-0.1, -0.05) is 42.0 Å². The van der Waals surface area contributed by atoms with Crippen molar-refractivity contribution in [1.29, 1.82) is 0 Å². The number of hydrogen-bond donors (Lipinski definition) is 2. The Morgan fingerprint density at radius 2 is 1.66 bits per heavy atom. The van der Waals surface area contributed by atoms with Gasteiger partial charge in [0, 0.05) is 13.1 Å². The second kappa shape index (κ2) is 8.56. The Bertz CT molecular complexity index is 1480. The van der Waals surface area contributed by atoms with Crippen molar-refractivity contribution in [3.8, 4) is 0 Å². The summed E-state index contributed by atoms with van der Waals surface area (Å²) in [5.41, 5.74) is 2.27. The molecule has 0 unspecified atom stereocenters. The average molecular weight is 454 g/mol. The van der Waals surface area contributed by atoms with Gasteiger partial charge >= 0.3 is 5.69 Å². The molecule has 32 heavy (non-hydrogen) atoms. The maximum atomic E-state index is 12.5. The fraction of sp³-hybridized carbons (Fsp3) is 0.227. The molecule has 9 nitrogen and oxygen atoms in total. The first-order valence-electron chi connectivity index (χ1n) is 10.1. The van der Waals surface area contributed by atoms with Crippen LogP contribution in [0.1, 0.15) is 23.6 Å². The highest BCUT2D eigenvalue weighted by atomic mass is 32.2. The molecule has 10 heteroatoms. The number of aromatic amines is 1. The molecule has 0 aliphatic heterocycles. The lowest BCUT2D eigenvalue weighted by atomic mass is 10.1. The number of benzene rings is 2. The molecule has 2 N–H and O–H groups in total. The Hall–Kier alpha value is -3.50. The number of nitrogens with one attached hydrogen (secondary N) is 2. The quantitative estimate of drug-likeness (QED) is 0.442. The highest BCUT2D eigenvalue weighted by Crippen LogP contribution is 2.13. The van der Waals surface area contributed by atoms with Crippen LogP contribution in [-0.2, 0) is 29.7 Å². The molecule has 0 bridgehead atoms. The lowest BCUT2D eigenvalue weighted by Crippen LogP contribution is -2.31. The van der Waals surface area contributed by atoms with E-state index in [1.165, 1.54) is 4.57 Å². The molecule has 166 valence electrons. The zero-order valence-corrected chi connectivity index (χ0v) is 18.5. The molecular formula is C22H23N5O4S. The summed E-state index contributed by atoms with van der Waals surface area (Å²) in [5.74, 6) is 0. The van der Waals surface area contributed by atoms with Gasteiger partial charge in [0.1, 0.15) is 0 Å². The number of aryl methyl sites for hydroxylation is 2. The number of H-pyrrole nitrogens is 1. The smallest absolute Gasteiger partial charge is 0.325 e. The van der Waals surface area contributed by atoms with Gasteiger partial charge in [-0.05, 0) is 37.1 Å². The van der Waals surface area contributed by atoms with Crippen LogP contribution in [0, 0.1) is 6.92 Å². The zero-order valence-electron chi connectivity index (χ0n) is 17.7. The Morgan fingerprint density at radius 1 is 1.00 bits per heavy atom. The van der Waals surface area contributed by atoms with Crippen LogP contribution in [0.2, 0.25) is 0 Å². The molecule has 0 radical (unpaired) electrons. The monoisotopic (exact) mass is 453 g/mol. The van der Waals surface area contributed by atoms with Crippen LogP contribution in [0.25, 0.3) is 11.2 Å². The van der Waals surface area contributed by atoms with Gasteiger partial charge in [0.15, 0.2) is 11.2 Å². The van der Waals surface area contributed by atoms with E-state index in [9.17, 15) is 18.0 Å². The number of aromatic nitrogens is 4. The van der Waals surface area contributed by atoms with E-state index in [1.807, 2.05) is 26.0 Å². The van der Waals surface area contributed by atoms with Crippen molar-refractivity contribution in [2.45, 2.75) is 38.4 Å². The van der Waals surface area contributed by atoms with Crippen LogP contribution in [0.15, 0.2) is 69.3 Å². The minimum atomic E-state index is -3.61. The van der Waals surface area contributed by atoms with Gasteiger partial charge in [0.05, 0.1) is 17.8 Å². The van der Waals surface area contributed by atoms with Crippen LogP contribution in [-0.4, -0.2) is 27.5 Å². The molecule has 0 aliphatic rings. The van der Waals surface area contributed by atoms with Gasteiger partial charge in [-0.2, -0.15) is 0 Å². The van der Waals surface area contributed by atoms with Crippen LogP contribution < -0.4 is 16.0 Å². The molecule has 4 aromatic rings. The van der Waals surface area contributed by atoms with Crippen LogP contribution in [0.3, 0.4) is 0 Å². The number of hydrogen-bond acceptors (Lipinski definition) is 5. The van der Waals surface area contributed by atoms with E-state index in [0.29, 0.717) is 17.7 Å². The van der Waals surface area contributed by atoms with Crippen LogP contribution in [0.5, 0.6) is 0 Å². The number of fused-ring (bicyclic) bond motifs is 1. The van der Waals surface area contributed by atoms with Crippen molar-refractivity contribution < 1.29 is 8.42 Å².